The second kappa shape index (κ2) is 11.7. The van der Waals surface area contributed by atoms with Crippen LogP contribution >= 0.6 is 0 Å². The molecule has 5 rings (SSSR count). The summed E-state index contributed by atoms with van der Waals surface area (Å²) in [7, 11) is 2.07. The maximum atomic E-state index is 11.5. The SMILES string of the molecule is CCc1c(C)c2cc3c(CC)c(C)c(cc4nc(cc5nc(cc1[nH]2)C(C)=C5CCC(=O)[O-])C(CCC(=O)[O-])=C4C)n3C. The molecule has 0 aromatic carbocycles. The van der Waals surface area contributed by atoms with Crippen molar-refractivity contribution < 1.29 is 19.8 Å². The second-order valence-corrected chi connectivity index (χ2v) is 11.5. The van der Waals surface area contributed by atoms with Crippen LogP contribution in [0.4, 0.5) is 0 Å². The van der Waals surface area contributed by atoms with E-state index in [0.29, 0.717) is 11.4 Å². The Labute approximate surface area is 251 Å². The van der Waals surface area contributed by atoms with Gasteiger partial charge >= 0.3 is 0 Å². The molecule has 1 N–H and O–H groups in total. The van der Waals surface area contributed by atoms with Crippen LogP contribution < -0.4 is 10.2 Å². The van der Waals surface area contributed by atoms with E-state index in [0.717, 1.165) is 68.6 Å². The third-order valence-corrected chi connectivity index (χ3v) is 9.07. The van der Waals surface area contributed by atoms with Crippen LogP contribution in [0.25, 0.3) is 44.4 Å². The standard InChI is InChI=1S/C35H40N4O4/c1-8-22-18(3)28-17-33-23(9-2)21(6)32(39(33)7)16-27-20(5)25(11-13-35(42)43)31(38-27)15-30-24(10-12-34(40)41)19(4)26(36-30)14-29(22)37-28/h14-17,37H,8-13H2,1-7H3,(H,40,41)(H,42,43)/p-2. The van der Waals surface area contributed by atoms with E-state index in [1.165, 1.54) is 22.3 Å². The van der Waals surface area contributed by atoms with Crippen LogP contribution in [-0.2, 0) is 29.5 Å². The molecular formula is C35H38N4O4-2. The number of carboxylic acids is 2. The van der Waals surface area contributed by atoms with E-state index in [-0.39, 0.29) is 25.7 Å². The molecule has 0 saturated carbocycles. The molecule has 2 aliphatic rings. The van der Waals surface area contributed by atoms with Crippen molar-refractivity contribution in [3.8, 4) is 0 Å². The van der Waals surface area contributed by atoms with Gasteiger partial charge in [0.15, 0.2) is 0 Å². The molecule has 0 saturated heterocycles. The largest absolute Gasteiger partial charge is 0.550 e. The number of H-pyrrole nitrogens is 1. The number of allylic oxidation sites excluding steroid dienone is 4. The van der Waals surface area contributed by atoms with Gasteiger partial charge < -0.3 is 29.4 Å². The highest BCUT2D eigenvalue weighted by Crippen LogP contribution is 2.38. The number of nitrogens with zero attached hydrogens (tertiary/aromatic N) is 3. The van der Waals surface area contributed by atoms with Crippen molar-refractivity contribution in [1.29, 1.82) is 0 Å². The zero-order valence-electron chi connectivity index (χ0n) is 26.0. The molecule has 8 nitrogen and oxygen atoms in total. The molecule has 224 valence electrons. The molecule has 2 aliphatic heterocycles. The highest BCUT2D eigenvalue weighted by molar-refractivity contribution is 5.96. The highest BCUT2D eigenvalue weighted by atomic mass is 16.4. The van der Waals surface area contributed by atoms with Gasteiger partial charge in [-0.25, -0.2) is 9.97 Å². The summed E-state index contributed by atoms with van der Waals surface area (Å²) in [5.74, 6) is -2.25. The number of aromatic amines is 1. The minimum atomic E-state index is -1.12. The Morgan fingerprint density at radius 1 is 0.698 bits per heavy atom. The van der Waals surface area contributed by atoms with Gasteiger partial charge in [-0.05, 0) is 135 Å². The summed E-state index contributed by atoms with van der Waals surface area (Å²) in [6, 6.07) is 8.22. The van der Waals surface area contributed by atoms with Gasteiger partial charge in [0.25, 0.3) is 0 Å². The minimum absolute atomic E-state index is 0.132. The number of aryl methyl sites for hydroxylation is 5. The van der Waals surface area contributed by atoms with Gasteiger partial charge in [0.1, 0.15) is 0 Å². The zero-order chi connectivity index (χ0) is 31.2. The van der Waals surface area contributed by atoms with E-state index < -0.39 is 11.9 Å². The van der Waals surface area contributed by atoms with Crippen LogP contribution in [0.1, 0.15) is 98.4 Å². The Kier molecular flexibility index (Phi) is 8.14. The molecule has 0 amide bonds. The quantitative estimate of drug-likeness (QED) is 0.401. The monoisotopic (exact) mass is 578 g/mol. The van der Waals surface area contributed by atoms with Crippen molar-refractivity contribution >= 4 is 56.3 Å². The van der Waals surface area contributed by atoms with Crippen LogP contribution in [-0.4, -0.2) is 31.5 Å². The lowest BCUT2D eigenvalue weighted by Gasteiger charge is -2.07. The molecule has 0 atom stereocenters. The number of carbonyl (C=O) groups excluding carboxylic acids is 2. The van der Waals surface area contributed by atoms with Crippen molar-refractivity contribution in [2.45, 2.75) is 80.1 Å². The Hall–Kier alpha value is -4.46. The average Bonchev–Trinajstić information content (AvgIpc) is 3.59. The fourth-order valence-corrected chi connectivity index (χ4v) is 6.56. The number of fused-ring (bicyclic) bond motifs is 8. The number of carboxylic acid groups (broad SMARTS) is 2. The lowest BCUT2D eigenvalue weighted by atomic mass is 9.98. The number of nitrogens with one attached hydrogen (secondary N) is 1. The lowest BCUT2D eigenvalue weighted by Crippen LogP contribution is -2.21. The Morgan fingerprint density at radius 2 is 1.23 bits per heavy atom. The predicted octanol–water partition coefficient (Wildman–Crippen LogP) is 4.99. The Morgan fingerprint density at radius 3 is 1.74 bits per heavy atom. The Balaban J connectivity index is 1.95. The molecule has 0 aliphatic carbocycles. The Bertz CT molecular complexity index is 1900. The summed E-state index contributed by atoms with van der Waals surface area (Å²) in [6.07, 6.45) is 1.98. The van der Waals surface area contributed by atoms with Gasteiger partial charge in [-0.2, -0.15) is 0 Å². The molecule has 8 bridgehead atoms. The number of rotatable bonds is 8. The summed E-state index contributed by atoms with van der Waals surface area (Å²) in [5.41, 5.74) is 15.3. The number of carbonyl (C=O) groups is 2. The van der Waals surface area contributed by atoms with E-state index in [2.05, 4.69) is 56.4 Å². The van der Waals surface area contributed by atoms with Crippen molar-refractivity contribution in [3.63, 3.8) is 0 Å². The first-order chi connectivity index (χ1) is 20.4. The topological polar surface area (TPSA) is 127 Å². The second-order valence-electron chi connectivity index (χ2n) is 11.5. The zero-order valence-corrected chi connectivity index (χ0v) is 26.0. The third kappa shape index (κ3) is 5.42. The number of hydrogen-bond donors (Lipinski definition) is 1. The molecule has 8 heteroatoms. The first kappa shape index (κ1) is 30.0. The third-order valence-electron chi connectivity index (χ3n) is 9.07. The number of aromatic nitrogens is 4. The van der Waals surface area contributed by atoms with E-state index in [1.807, 2.05) is 26.0 Å². The molecule has 0 unspecified atom stereocenters. The van der Waals surface area contributed by atoms with E-state index in [4.69, 9.17) is 9.97 Å². The van der Waals surface area contributed by atoms with E-state index >= 15 is 0 Å². The average molecular weight is 579 g/mol. The number of hydrogen-bond acceptors (Lipinski definition) is 6. The van der Waals surface area contributed by atoms with Crippen molar-refractivity contribution in [3.05, 3.63) is 69.3 Å². The van der Waals surface area contributed by atoms with Crippen LogP contribution in [0.15, 0.2) is 24.3 Å². The minimum Gasteiger partial charge on any atom is -0.550 e. The van der Waals surface area contributed by atoms with Crippen molar-refractivity contribution in [1.82, 2.24) is 19.5 Å². The van der Waals surface area contributed by atoms with Gasteiger partial charge in [0, 0.05) is 41.1 Å². The smallest absolute Gasteiger partial charge is 0.0694 e. The van der Waals surface area contributed by atoms with Gasteiger partial charge in [-0.1, -0.05) is 13.8 Å². The van der Waals surface area contributed by atoms with Crippen LogP contribution in [0.2, 0.25) is 0 Å². The maximum Gasteiger partial charge on any atom is 0.0694 e. The first-order valence-electron chi connectivity index (χ1n) is 15.0. The normalized spacial score (nSPS) is 13.3. The number of aliphatic carboxylic acids is 2. The summed E-state index contributed by atoms with van der Waals surface area (Å²) in [6.45, 7) is 12.5. The van der Waals surface area contributed by atoms with E-state index in [9.17, 15) is 19.8 Å². The van der Waals surface area contributed by atoms with Gasteiger partial charge in [-0.3, -0.25) is 0 Å². The van der Waals surface area contributed by atoms with Gasteiger partial charge in [-0.15, -0.1) is 0 Å². The predicted molar refractivity (Wildman–Crippen MR) is 167 cm³/mol. The lowest BCUT2D eigenvalue weighted by molar-refractivity contribution is -0.306. The summed E-state index contributed by atoms with van der Waals surface area (Å²) in [5, 5.41) is 22.9. The maximum absolute atomic E-state index is 11.5. The highest BCUT2D eigenvalue weighted by Gasteiger charge is 2.22. The fourth-order valence-electron chi connectivity index (χ4n) is 6.56. The van der Waals surface area contributed by atoms with Crippen LogP contribution in [0, 0.1) is 13.8 Å². The molecular weight excluding hydrogens is 540 g/mol. The first-order valence-corrected chi connectivity index (χ1v) is 15.0. The van der Waals surface area contributed by atoms with Crippen LogP contribution in [0.3, 0.4) is 0 Å². The fraction of sp³-hybridized carbons (Fsp3) is 0.371. The van der Waals surface area contributed by atoms with Crippen LogP contribution in [0.5, 0.6) is 0 Å². The summed E-state index contributed by atoms with van der Waals surface area (Å²) < 4.78 is 2.21. The summed E-state index contributed by atoms with van der Waals surface area (Å²) in [4.78, 5) is 36.6. The molecule has 0 fully saturated rings. The van der Waals surface area contributed by atoms with Gasteiger partial charge in [0.2, 0.25) is 0 Å². The summed E-state index contributed by atoms with van der Waals surface area (Å²) >= 11 is 0. The molecule has 3 aromatic rings. The van der Waals surface area contributed by atoms with E-state index in [1.54, 1.807) is 0 Å². The molecule has 5 heterocycles. The van der Waals surface area contributed by atoms with Crippen molar-refractivity contribution in [2.75, 3.05) is 0 Å². The van der Waals surface area contributed by atoms with Crippen molar-refractivity contribution in [2.24, 2.45) is 7.05 Å². The van der Waals surface area contributed by atoms with Gasteiger partial charge in [0.05, 0.1) is 22.8 Å². The molecule has 0 spiro atoms. The molecule has 3 aromatic heterocycles. The molecule has 43 heavy (non-hydrogen) atoms. The molecule has 0 radical (unpaired) electrons.